The van der Waals surface area contributed by atoms with Gasteiger partial charge in [0, 0.05) is 5.56 Å². The van der Waals surface area contributed by atoms with Gasteiger partial charge >= 0.3 is 0 Å². The Kier molecular flexibility index (Phi) is 8.87. The molecule has 106 valence electrons. The highest BCUT2D eigenvalue weighted by Gasteiger charge is 1.99. The van der Waals surface area contributed by atoms with E-state index in [0.717, 1.165) is 18.8 Å². The average molecular weight is 260 g/mol. The van der Waals surface area contributed by atoms with E-state index in [-0.39, 0.29) is 0 Å². The van der Waals surface area contributed by atoms with Gasteiger partial charge in [0.15, 0.2) is 0 Å². The van der Waals surface area contributed by atoms with E-state index in [1.165, 1.54) is 44.1 Å². The molecule has 0 N–H and O–H groups in total. The summed E-state index contributed by atoms with van der Waals surface area (Å²) in [6, 6.07) is 8.24. The minimum absolute atomic E-state index is 0.836. The Morgan fingerprint density at radius 1 is 0.947 bits per heavy atom. The van der Waals surface area contributed by atoms with Crippen LogP contribution in [0.25, 0.3) is 6.08 Å². The molecule has 1 rings (SSSR count). The SMILES string of the molecule is CC=Cc1ccccc1OCCCCCCCCC. The number of unbranched alkanes of at least 4 members (excludes halogenated alkanes) is 6. The molecule has 0 spiro atoms. The first kappa shape index (κ1) is 15.8. The minimum Gasteiger partial charge on any atom is -0.493 e. The van der Waals surface area contributed by atoms with E-state index >= 15 is 0 Å². The lowest BCUT2D eigenvalue weighted by Crippen LogP contribution is -1.98. The van der Waals surface area contributed by atoms with Gasteiger partial charge in [0.1, 0.15) is 5.75 Å². The van der Waals surface area contributed by atoms with Crippen molar-refractivity contribution in [1.82, 2.24) is 0 Å². The van der Waals surface area contributed by atoms with Crippen molar-refractivity contribution in [3.8, 4) is 5.75 Å². The van der Waals surface area contributed by atoms with Gasteiger partial charge in [-0.3, -0.25) is 0 Å². The van der Waals surface area contributed by atoms with Gasteiger partial charge in [-0.1, -0.05) is 75.8 Å². The molecule has 0 fully saturated rings. The monoisotopic (exact) mass is 260 g/mol. The summed E-state index contributed by atoms with van der Waals surface area (Å²) in [7, 11) is 0. The van der Waals surface area contributed by atoms with Gasteiger partial charge in [0.2, 0.25) is 0 Å². The van der Waals surface area contributed by atoms with Crippen LogP contribution in [-0.4, -0.2) is 6.61 Å². The van der Waals surface area contributed by atoms with Crippen LogP contribution in [0, 0.1) is 0 Å². The predicted octanol–water partition coefficient (Wildman–Crippen LogP) is 5.85. The third-order valence-corrected chi connectivity index (χ3v) is 3.27. The highest BCUT2D eigenvalue weighted by molar-refractivity contribution is 5.56. The maximum atomic E-state index is 5.87. The molecule has 0 saturated heterocycles. The van der Waals surface area contributed by atoms with Crippen LogP contribution in [0.5, 0.6) is 5.75 Å². The summed E-state index contributed by atoms with van der Waals surface area (Å²) in [6.45, 7) is 5.13. The zero-order chi connectivity index (χ0) is 13.8. The second kappa shape index (κ2) is 10.7. The maximum absolute atomic E-state index is 5.87. The fraction of sp³-hybridized carbons (Fsp3) is 0.556. The summed E-state index contributed by atoms with van der Waals surface area (Å²) in [5, 5.41) is 0. The van der Waals surface area contributed by atoms with Crippen molar-refractivity contribution in [2.45, 2.75) is 58.8 Å². The first-order chi connectivity index (χ1) is 9.38. The average Bonchev–Trinajstić information content (AvgIpc) is 2.44. The number of allylic oxidation sites excluding steroid dienone is 1. The smallest absolute Gasteiger partial charge is 0.126 e. The molecule has 0 aliphatic rings. The maximum Gasteiger partial charge on any atom is 0.126 e. The van der Waals surface area contributed by atoms with Gasteiger partial charge < -0.3 is 4.74 Å². The molecule has 0 heterocycles. The molecular weight excluding hydrogens is 232 g/mol. The van der Waals surface area contributed by atoms with Gasteiger partial charge in [0.25, 0.3) is 0 Å². The first-order valence-corrected chi connectivity index (χ1v) is 7.73. The summed E-state index contributed by atoms with van der Waals surface area (Å²) in [5.74, 6) is 1.01. The van der Waals surface area contributed by atoms with Crippen LogP contribution in [0.3, 0.4) is 0 Å². The molecule has 0 atom stereocenters. The Bertz CT molecular complexity index is 354. The fourth-order valence-corrected chi connectivity index (χ4v) is 2.17. The zero-order valence-electron chi connectivity index (χ0n) is 12.5. The second-order valence-corrected chi connectivity index (χ2v) is 5.01. The molecule has 0 radical (unpaired) electrons. The van der Waals surface area contributed by atoms with E-state index in [2.05, 4.69) is 37.3 Å². The standard InChI is InChI=1S/C18H28O/c1-3-5-6-7-8-9-12-16-19-18-15-11-10-14-17(18)13-4-2/h4,10-11,13-15H,3,5-9,12,16H2,1-2H3. The lowest BCUT2D eigenvalue weighted by Gasteiger charge is -2.09. The number of hydrogen-bond donors (Lipinski definition) is 0. The predicted molar refractivity (Wildman–Crippen MR) is 84.6 cm³/mol. The molecule has 19 heavy (non-hydrogen) atoms. The molecule has 1 aromatic carbocycles. The van der Waals surface area contributed by atoms with Crippen molar-refractivity contribution in [1.29, 1.82) is 0 Å². The molecule has 1 nitrogen and oxygen atoms in total. The molecule has 1 heteroatoms. The Morgan fingerprint density at radius 3 is 2.37 bits per heavy atom. The fourth-order valence-electron chi connectivity index (χ4n) is 2.17. The third kappa shape index (κ3) is 7.05. The van der Waals surface area contributed by atoms with E-state index in [1.807, 2.05) is 13.0 Å². The molecule has 0 unspecified atom stereocenters. The summed E-state index contributed by atoms with van der Waals surface area (Å²) in [4.78, 5) is 0. The quantitative estimate of drug-likeness (QED) is 0.479. The Hall–Kier alpha value is -1.24. The summed E-state index contributed by atoms with van der Waals surface area (Å²) < 4.78 is 5.87. The first-order valence-electron chi connectivity index (χ1n) is 7.73. The largest absolute Gasteiger partial charge is 0.493 e. The number of ether oxygens (including phenoxy) is 1. The van der Waals surface area contributed by atoms with Crippen LogP contribution in [0.15, 0.2) is 30.3 Å². The number of benzene rings is 1. The molecule has 0 aromatic heterocycles. The number of para-hydroxylation sites is 1. The van der Waals surface area contributed by atoms with Crippen molar-refractivity contribution in [2.75, 3.05) is 6.61 Å². The van der Waals surface area contributed by atoms with E-state index in [0.29, 0.717) is 0 Å². The van der Waals surface area contributed by atoms with Crippen molar-refractivity contribution in [3.05, 3.63) is 35.9 Å². The van der Waals surface area contributed by atoms with E-state index in [9.17, 15) is 0 Å². The van der Waals surface area contributed by atoms with Crippen molar-refractivity contribution in [3.63, 3.8) is 0 Å². The lowest BCUT2D eigenvalue weighted by atomic mass is 10.1. The zero-order valence-corrected chi connectivity index (χ0v) is 12.5. The highest BCUT2D eigenvalue weighted by Crippen LogP contribution is 2.19. The molecule has 1 aromatic rings. The van der Waals surface area contributed by atoms with E-state index < -0.39 is 0 Å². The molecule has 0 amide bonds. The Morgan fingerprint density at radius 2 is 1.63 bits per heavy atom. The van der Waals surface area contributed by atoms with Crippen LogP contribution in [0.4, 0.5) is 0 Å². The van der Waals surface area contributed by atoms with Gasteiger partial charge in [-0.15, -0.1) is 0 Å². The number of rotatable bonds is 10. The van der Waals surface area contributed by atoms with Crippen LogP contribution in [0.2, 0.25) is 0 Å². The van der Waals surface area contributed by atoms with Gasteiger partial charge in [0.05, 0.1) is 6.61 Å². The second-order valence-electron chi connectivity index (χ2n) is 5.01. The van der Waals surface area contributed by atoms with Gasteiger partial charge in [-0.05, 0) is 19.4 Å². The van der Waals surface area contributed by atoms with Gasteiger partial charge in [-0.2, -0.15) is 0 Å². The van der Waals surface area contributed by atoms with E-state index in [1.54, 1.807) is 0 Å². The van der Waals surface area contributed by atoms with E-state index in [4.69, 9.17) is 4.74 Å². The summed E-state index contributed by atoms with van der Waals surface area (Å²) >= 11 is 0. The van der Waals surface area contributed by atoms with Crippen molar-refractivity contribution < 1.29 is 4.74 Å². The molecule has 0 saturated carbocycles. The molecular formula is C18H28O. The topological polar surface area (TPSA) is 9.23 Å². The number of hydrogen-bond acceptors (Lipinski definition) is 1. The lowest BCUT2D eigenvalue weighted by molar-refractivity contribution is 0.303. The van der Waals surface area contributed by atoms with Crippen LogP contribution in [-0.2, 0) is 0 Å². The van der Waals surface area contributed by atoms with Crippen LogP contribution in [0.1, 0.15) is 64.4 Å². The third-order valence-electron chi connectivity index (χ3n) is 3.27. The summed E-state index contributed by atoms with van der Waals surface area (Å²) in [5.41, 5.74) is 1.17. The van der Waals surface area contributed by atoms with Crippen molar-refractivity contribution in [2.24, 2.45) is 0 Å². The Balaban J connectivity index is 2.15. The van der Waals surface area contributed by atoms with Crippen LogP contribution < -0.4 is 4.74 Å². The van der Waals surface area contributed by atoms with Gasteiger partial charge in [-0.25, -0.2) is 0 Å². The molecule has 0 aliphatic carbocycles. The summed E-state index contributed by atoms with van der Waals surface area (Å²) in [6.07, 6.45) is 13.4. The molecule has 0 aliphatic heterocycles. The Labute approximate surface area is 118 Å². The minimum atomic E-state index is 0.836. The van der Waals surface area contributed by atoms with Crippen molar-refractivity contribution >= 4 is 6.08 Å². The normalized spacial score (nSPS) is 11.1. The van der Waals surface area contributed by atoms with Crippen LogP contribution >= 0.6 is 0 Å². The highest BCUT2D eigenvalue weighted by atomic mass is 16.5. The molecule has 0 bridgehead atoms.